The first-order valence-electron chi connectivity index (χ1n) is 4.51. The first kappa shape index (κ1) is 11.7. The second-order valence-corrected chi connectivity index (χ2v) is 3.37. The highest BCUT2D eigenvalue weighted by molar-refractivity contribution is 6.34. The fourth-order valence-corrected chi connectivity index (χ4v) is 1.46. The largest absolute Gasteiger partial charge is 0.465 e. The van der Waals surface area contributed by atoms with Crippen LogP contribution in [0.4, 0.5) is 0 Å². The zero-order valence-corrected chi connectivity index (χ0v) is 9.30. The van der Waals surface area contributed by atoms with Gasteiger partial charge in [-0.05, 0) is 18.2 Å². The van der Waals surface area contributed by atoms with E-state index in [4.69, 9.17) is 11.6 Å². The Hall–Kier alpha value is -1.35. The summed E-state index contributed by atoms with van der Waals surface area (Å²) >= 11 is 5.88. The molecule has 0 aliphatic heterocycles. The van der Waals surface area contributed by atoms with E-state index in [0.29, 0.717) is 17.5 Å². The van der Waals surface area contributed by atoms with Gasteiger partial charge >= 0.3 is 5.97 Å². The summed E-state index contributed by atoms with van der Waals surface area (Å²) in [5.74, 6) is -0.510. The zero-order chi connectivity index (χ0) is 11.4. The summed E-state index contributed by atoms with van der Waals surface area (Å²) in [5.41, 5.74) is 0.780. The maximum atomic E-state index is 11.4. The van der Waals surface area contributed by atoms with Crippen LogP contribution in [0.25, 0.3) is 0 Å². The Bertz CT molecular complexity index is 399. The first-order valence-corrected chi connectivity index (χ1v) is 4.89. The minimum absolute atomic E-state index is 0.0450. The maximum absolute atomic E-state index is 11.4. The van der Waals surface area contributed by atoms with Crippen LogP contribution in [0.2, 0.25) is 5.02 Å². The van der Waals surface area contributed by atoms with Crippen LogP contribution in [0.1, 0.15) is 34.1 Å². The van der Waals surface area contributed by atoms with Gasteiger partial charge in [0.25, 0.3) is 0 Å². The van der Waals surface area contributed by atoms with Crippen molar-refractivity contribution in [2.45, 2.75) is 13.3 Å². The van der Waals surface area contributed by atoms with Crippen molar-refractivity contribution < 1.29 is 14.3 Å². The smallest absolute Gasteiger partial charge is 0.337 e. The van der Waals surface area contributed by atoms with E-state index >= 15 is 0 Å². The monoisotopic (exact) mass is 226 g/mol. The number of hydrogen-bond acceptors (Lipinski definition) is 3. The molecule has 1 aromatic rings. The Kier molecular flexibility index (Phi) is 3.86. The lowest BCUT2D eigenvalue weighted by molar-refractivity contribution is 0.0600. The lowest BCUT2D eigenvalue weighted by atomic mass is 10.1. The minimum Gasteiger partial charge on any atom is -0.465 e. The van der Waals surface area contributed by atoms with Gasteiger partial charge in [-0.1, -0.05) is 18.5 Å². The van der Waals surface area contributed by atoms with Crippen molar-refractivity contribution in [1.29, 1.82) is 0 Å². The molecule has 0 N–H and O–H groups in total. The predicted molar refractivity (Wildman–Crippen MR) is 57.4 cm³/mol. The van der Waals surface area contributed by atoms with Gasteiger partial charge in [-0.2, -0.15) is 0 Å². The third-order valence-electron chi connectivity index (χ3n) is 2.01. The van der Waals surface area contributed by atoms with Gasteiger partial charge in [-0.3, -0.25) is 4.79 Å². The molecular weight excluding hydrogens is 216 g/mol. The topological polar surface area (TPSA) is 43.4 Å². The summed E-state index contributed by atoms with van der Waals surface area (Å²) < 4.78 is 4.54. The van der Waals surface area contributed by atoms with Crippen LogP contribution in [0, 0.1) is 0 Å². The van der Waals surface area contributed by atoms with Gasteiger partial charge in [0.15, 0.2) is 5.78 Å². The van der Waals surface area contributed by atoms with Gasteiger partial charge < -0.3 is 4.74 Å². The molecule has 0 aromatic heterocycles. The fraction of sp³-hybridized carbons (Fsp3) is 0.273. The van der Waals surface area contributed by atoms with Crippen LogP contribution in [-0.4, -0.2) is 18.9 Å². The van der Waals surface area contributed by atoms with Crippen molar-refractivity contribution in [3.63, 3.8) is 0 Å². The highest BCUT2D eigenvalue weighted by Crippen LogP contribution is 2.19. The number of ketones is 1. The molecule has 80 valence electrons. The minimum atomic E-state index is -0.465. The van der Waals surface area contributed by atoms with E-state index in [-0.39, 0.29) is 10.8 Å². The van der Waals surface area contributed by atoms with E-state index < -0.39 is 5.97 Å². The summed E-state index contributed by atoms with van der Waals surface area (Å²) in [7, 11) is 1.29. The highest BCUT2D eigenvalue weighted by Gasteiger charge is 2.12. The van der Waals surface area contributed by atoms with E-state index in [0.717, 1.165) is 0 Å². The third kappa shape index (κ3) is 2.57. The quantitative estimate of drug-likeness (QED) is 0.588. The van der Waals surface area contributed by atoms with Crippen LogP contribution in [0.15, 0.2) is 18.2 Å². The molecule has 0 spiro atoms. The molecule has 0 radical (unpaired) electrons. The Morgan fingerprint density at radius 2 is 2.07 bits per heavy atom. The number of rotatable bonds is 3. The molecular formula is C11H11ClO3. The molecule has 0 bridgehead atoms. The van der Waals surface area contributed by atoms with Crippen molar-refractivity contribution >= 4 is 23.4 Å². The molecule has 4 heteroatoms. The summed E-state index contributed by atoms with van der Waals surface area (Å²) in [4.78, 5) is 22.5. The molecule has 0 saturated heterocycles. The average molecular weight is 227 g/mol. The lowest BCUT2D eigenvalue weighted by Crippen LogP contribution is -2.03. The van der Waals surface area contributed by atoms with E-state index in [9.17, 15) is 9.59 Å². The van der Waals surface area contributed by atoms with Gasteiger partial charge in [-0.25, -0.2) is 4.79 Å². The van der Waals surface area contributed by atoms with Gasteiger partial charge in [-0.15, -0.1) is 0 Å². The van der Waals surface area contributed by atoms with Gasteiger partial charge in [0.05, 0.1) is 17.7 Å². The number of halogens is 1. The number of Topliss-reactive ketones (excluding diaryl/α,β-unsaturated/α-hetero) is 1. The second-order valence-electron chi connectivity index (χ2n) is 2.96. The van der Waals surface area contributed by atoms with E-state index in [1.165, 1.54) is 19.2 Å². The Morgan fingerprint density at radius 1 is 1.40 bits per heavy atom. The molecule has 0 amide bonds. The average Bonchev–Trinajstić information content (AvgIpc) is 2.26. The van der Waals surface area contributed by atoms with Crippen LogP contribution < -0.4 is 0 Å². The van der Waals surface area contributed by atoms with Gasteiger partial charge in [0.2, 0.25) is 0 Å². The van der Waals surface area contributed by atoms with E-state index in [1.807, 2.05) is 0 Å². The molecule has 0 heterocycles. The molecule has 1 aromatic carbocycles. The number of benzene rings is 1. The molecule has 0 aliphatic carbocycles. The number of ether oxygens (including phenoxy) is 1. The van der Waals surface area contributed by atoms with Crippen LogP contribution in [-0.2, 0) is 4.74 Å². The Morgan fingerprint density at radius 3 is 2.53 bits per heavy atom. The first-order chi connectivity index (χ1) is 7.10. The number of esters is 1. The van der Waals surface area contributed by atoms with Crippen molar-refractivity contribution in [2.24, 2.45) is 0 Å². The lowest BCUT2D eigenvalue weighted by Gasteiger charge is -2.04. The SMILES string of the molecule is CCC(=O)c1ccc(C(=O)OC)cc1Cl. The summed E-state index contributed by atoms with van der Waals surface area (Å²) in [6.07, 6.45) is 0.386. The Labute approximate surface area is 93.0 Å². The summed E-state index contributed by atoms with van der Waals surface area (Å²) in [6.45, 7) is 1.76. The molecule has 0 fully saturated rings. The van der Waals surface area contributed by atoms with Crippen LogP contribution >= 0.6 is 11.6 Å². The maximum Gasteiger partial charge on any atom is 0.337 e. The van der Waals surface area contributed by atoms with Crippen LogP contribution in [0.5, 0.6) is 0 Å². The number of carbonyl (C=O) groups excluding carboxylic acids is 2. The summed E-state index contributed by atoms with van der Waals surface area (Å²) in [5, 5.41) is 0.282. The highest BCUT2D eigenvalue weighted by atomic mass is 35.5. The Balaban J connectivity index is 3.08. The number of methoxy groups -OCH3 is 1. The summed E-state index contributed by atoms with van der Waals surface area (Å²) in [6, 6.07) is 4.51. The fourth-order valence-electron chi connectivity index (χ4n) is 1.18. The zero-order valence-electron chi connectivity index (χ0n) is 8.54. The molecule has 0 saturated carbocycles. The molecule has 0 unspecified atom stereocenters. The van der Waals surface area contributed by atoms with E-state index in [1.54, 1.807) is 13.0 Å². The molecule has 3 nitrogen and oxygen atoms in total. The normalized spacial score (nSPS) is 9.80. The standard InChI is InChI=1S/C11H11ClO3/c1-3-10(13)8-5-4-7(6-9(8)12)11(14)15-2/h4-6H,3H2,1-2H3. The molecule has 1 rings (SSSR count). The number of carbonyl (C=O) groups is 2. The van der Waals surface area contributed by atoms with Crippen LogP contribution in [0.3, 0.4) is 0 Å². The van der Waals surface area contributed by atoms with Gasteiger partial charge in [0.1, 0.15) is 0 Å². The van der Waals surface area contributed by atoms with Crippen molar-refractivity contribution in [1.82, 2.24) is 0 Å². The van der Waals surface area contributed by atoms with Crippen molar-refractivity contribution in [3.8, 4) is 0 Å². The molecule has 0 aliphatic rings. The third-order valence-corrected chi connectivity index (χ3v) is 2.32. The van der Waals surface area contributed by atoms with E-state index in [2.05, 4.69) is 4.74 Å². The van der Waals surface area contributed by atoms with Gasteiger partial charge in [0, 0.05) is 12.0 Å². The predicted octanol–water partition coefficient (Wildman–Crippen LogP) is 2.72. The molecule has 0 atom stereocenters. The number of hydrogen-bond donors (Lipinski definition) is 0. The molecule has 15 heavy (non-hydrogen) atoms. The van der Waals surface area contributed by atoms with Crippen molar-refractivity contribution in [2.75, 3.05) is 7.11 Å². The van der Waals surface area contributed by atoms with Crippen molar-refractivity contribution in [3.05, 3.63) is 34.3 Å². The second kappa shape index (κ2) is 4.94.